The lowest BCUT2D eigenvalue weighted by atomic mass is 9.95. The zero-order chi connectivity index (χ0) is 20.8. The topological polar surface area (TPSA) is 100 Å². The van der Waals surface area contributed by atoms with Crippen LogP contribution in [0.1, 0.15) is 47.5 Å². The van der Waals surface area contributed by atoms with Crippen molar-refractivity contribution in [2.75, 3.05) is 11.9 Å². The van der Waals surface area contributed by atoms with Crippen LogP contribution in [0.25, 0.3) is 0 Å². The quantitative estimate of drug-likeness (QED) is 0.290. The molecule has 0 unspecified atom stereocenters. The average molecular weight is 413 g/mol. The largest absolute Gasteiger partial charge is 0.510 e. The number of nitrogens with zero attached hydrogens (tertiary/aromatic N) is 2. The van der Waals surface area contributed by atoms with E-state index >= 15 is 0 Å². The molecule has 0 bridgehead atoms. The number of fused-ring (bicyclic) bond motifs is 1. The smallest absolute Gasteiger partial charge is 0.341 e. The van der Waals surface area contributed by atoms with Crippen molar-refractivity contribution >= 4 is 33.9 Å². The Morgan fingerprint density at radius 2 is 1.93 bits per heavy atom. The molecule has 1 amide bonds. The molecule has 0 radical (unpaired) electrons. The van der Waals surface area contributed by atoms with Gasteiger partial charge >= 0.3 is 5.97 Å². The second kappa shape index (κ2) is 9.47. The number of carbonyl (C=O) groups excluding carboxylic acids is 2. The first-order chi connectivity index (χ1) is 14.0. The highest BCUT2D eigenvalue weighted by Gasteiger charge is 2.26. The highest BCUT2D eigenvalue weighted by molar-refractivity contribution is 7.16. The molecular formula is C21H23N3O4S. The zero-order valence-electron chi connectivity index (χ0n) is 16.4. The fourth-order valence-electron chi connectivity index (χ4n) is 3.12. The number of rotatable bonds is 6. The summed E-state index contributed by atoms with van der Waals surface area (Å²) >= 11 is 1.39. The maximum absolute atomic E-state index is 12.5. The second-order valence-electron chi connectivity index (χ2n) is 6.57. The van der Waals surface area contributed by atoms with Gasteiger partial charge in [0.1, 0.15) is 11.3 Å². The molecule has 1 aromatic heterocycles. The lowest BCUT2D eigenvalue weighted by Crippen LogP contribution is -2.14. The highest BCUT2D eigenvalue weighted by atomic mass is 32.1. The van der Waals surface area contributed by atoms with Crippen LogP contribution >= 0.6 is 11.3 Å². The first-order valence-corrected chi connectivity index (χ1v) is 10.3. The Hall–Kier alpha value is -3.00. The van der Waals surface area contributed by atoms with E-state index in [1.165, 1.54) is 18.3 Å². The van der Waals surface area contributed by atoms with Crippen molar-refractivity contribution in [1.29, 1.82) is 0 Å². The Balaban J connectivity index is 1.90. The predicted octanol–water partition coefficient (Wildman–Crippen LogP) is 5.32. The van der Waals surface area contributed by atoms with Crippen molar-refractivity contribution in [3.63, 3.8) is 0 Å². The number of aryl methyl sites for hydroxylation is 1. The van der Waals surface area contributed by atoms with Crippen LogP contribution in [-0.2, 0) is 22.4 Å². The Morgan fingerprint density at radius 3 is 2.62 bits per heavy atom. The summed E-state index contributed by atoms with van der Waals surface area (Å²) < 4.78 is 5.20. The molecule has 3 rings (SSSR count). The van der Waals surface area contributed by atoms with Gasteiger partial charge in [0, 0.05) is 10.6 Å². The summed E-state index contributed by atoms with van der Waals surface area (Å²) in [6, 6.07) is 8.86. The number of benzene rings is 1. The number of hydrogen-bond acceptors (Lipinski definition) is 7. The summed E-state index contributed by atoms with van der Waals surface area (Å²) in [6.07, 6.45) is 3.75. The van der Waals surface area contributed by atoms with E-state index in [-0.39, 0.29) is 18.1 Å². The molecular weight excluding hydrogens is 390 g/mol. The van der Waals surface area contributed by atoms with Crippen molar-refractivity contribution in [3.8, 4) is 0 Å². The number of aliphatic hydroxyl groups is 1. The molecule has 29 heavy (non-hydrogen) atoms. The molecule has 0 fully saturated rings. The van der Waals surface area contributed by atoms with E-state index < -0.39 is 11.9 Å². The van der Waals surface area contributed by atoms with E-state index in [0.717, 1.165) is 36.1 Å². The molecule has 2 N–H and O–H groups in total. The first-order valence-electron chi connectivity index (χ1n) is 9.51. The number of thiophene rings is 1. The number of amides is 1. The number of anilines is 1. The van der Waals surface area contributed by atoms with Crippen LogP contribution in [0.2, 0.25) is 0 Å². The normalized spacial score (nSPS) is 14.3. The first kappa shape index (κ1) is 20.7. The van der Waals surface area contributed by atoms with Gasteiger partial charge in [-0.2, -0.15) is 0 Å². The van der Waals surface area contributed by atoms with Gasteiger partial charge in [0.25, 0.3) is 5.91 Å². The van der Waals surface area contributed by atoms with Gasteiger partial charge in [-0.05, 0) is 57.2 Å². The molecule has 2 aromatic rings. The van der Waals surface area contributed by atoms with E-state index in [1.54, 1.807) is 31.2 Å². The lowest BCUT2D eigenvalue weighted by Gasteiger charge is -2.11. The van der Waals surface area contributed by atoms with Gasteiger partial charge in [0.05, 0.1) is 6.61 Å². The summed E-state index contributed by atoms with van der Waals surface area (Å²) in [7, 11) is 0. The number of carbonyl (C=O) groups is 2. The van der Waals surface area contributed by atoms with E-state index in [2.05, 4.69) is 15.5 Å². The number of aliphatic hydroxyl groups excluding tert-OH is 1. The minimum Gasteiger partial charge on any atom is -0.510 e. The van der Waals surface area contributed by atoms with Gasteiger partial charge in [-0.25, -0.2) is 4.79 Å². The fourth-order valence-corrected chi connectivity index (χ4v) is 4.32. The maximum atomic E-state index is 12.5. The Bertz CT molecular complexity index is 960. The molecule has 8 heteroatoms. The number of nitrogens with one attached hydrogen (secondary N) is 1. The predicted molar refractivity (Wildman–Crippen MR) is 112 cm³/mol. The summed E-state index contributed by atoms with van der Waals surface area (Å²) in [5, 5.41) is 21.2. The molecule has 1 aromatic carbocycles. The van der Waals surface area contributed by atoms with E-state index in [0.29, 0.717) is 16.3 Å². The third kappa shape index (κ3) is 4.89. The Kier molecular flexibility index (Phi) is 6.77. The monoisotopic (exact) mass is 413 g/mol. The number of ether oxygens (including phenoxy) is 1. The second-order valence-corrected chi connectivity index (χ2v) is 7.65. The lowest BCUT2D eigenvalue weighted by molar-refractivity contribution is -0.113. The summed E-state index contributed by atoms with van der Waals surface area (Å²) in [5.41, 5.74) is 1.75. The molecule has 0 saturated carbocycles. The van der Waals surface area contributed by atoms with Gasteiger partial charge in [-0.15, -0.1) is 21.6 Å². The number of hydrogen-bond donors (Lipinski definition) is 2. The van der Waals surface area contributed by atoms with E-state index in [9.17, 15) is 14.7 Å². The number of para-hydroxylation sites is 1. The van der Waals surface area contributed by atoms with Crippen molar-refractivity contribution in [2.45, 2.75) is 39.5 Å². The zero-order valence-corrected chi connectivity index (χ0v) is 17.2. The summed E-state index contributed by atoms with van der Waals surface area (Å²) in [4.78, 5) is 26.1. The summed E-state index contributed by atoms with van der Waals surface area (Å²) in [6.45, 7) is 3.38. The molecule has 0 aliphatic heterocycles. The van der Waals surface area contributed by atoms with Crippen LogP contribution in [0.15, 0.2) is 52.0 Å². The van der Waals surface area contributed by atoms with E-state index in [1.807, 2.05) is 6.07 Å². The highest BCUT2D eigenvalue weighted by Crippen LogP contribution is 2.40. The molecule has 1 heterocycles. The van der Waals surface area contributed by atoms with Crippen LogP contribution in [0, 0.1) is 0 Å². The minimum atomic E-state index is -0.584. The molecule has 0 spiro atoms. The molecule has 1 aliphatic carbocycles. The van der Waals surface area contributed by atoms with Gasteiger partial charge in [-0.1, -0.05) is 18.2 Å². The minimum absolute atomic E-state index is 0.213. The van der Waals surface area contributed by atoms with Crippen molar-refractivity contribution < 1.29 is 19.4 Å². The van der Waals surface area contributed by atoms with Crippen LogP contribution in [0.5, 0.6) is 0 Å². The molecule has 1 aliphatic rings. The standard InChI is InChI=1S/C21H23N3O4S/c1-3-28-21(27)17-15-11-7-8-12-16(15)29-20(17)24-23-18(13(2)25)19(26)22-14-9-5-4-6-10-14/h4-6,9-10,25H,3,7-8,11-12H2,1-2H3,(H,22,26)/b18-13+,24-23?. The Morgan fingerprint density at radius 1 is 1.21 bits per heavy atom. The van der Waals surface area contributed by atoms with Gasteiger partial charge in [-0.3, -0.25) is 4.79 Å². The fraction of sp³-hybridized carbons (Fsp3) is 0.333. The molecule has 7 nitrogen and oxygen atoms in total. The molecule has 152 valence electrons. The number of allylic oxidation sites excluding steroid dienone is 1. The average Bonchev–Trinajstić information content (AvgIpc) is 3.07. The van der Waals surface area contributed by atoms with E-state index in [4.69, 9.17) is 4.74 Å². The van der Waals surface area contributed by atoms with Crippen molar-refractivity contribution in [1.82, 2.24) is 0 Å². The van der Waals surface area contributed by atoms with Crippen LogP contribution in [0.3, 0.4) is 0 Å². The molecule has 0 atom stereocenters. The van der Waals surface area contributed by atoms with Gasteiger partial charge < -0.3 is 15.2 Å². The number of azo groups is 1. The van der Waals surface area contributed by atoms with Gasteiger partial charge in [0.15, 0.2) is 10.7 Å². The Labute approximate surface area is 173 Å². The van der Waals surface area contributed by atoms with Crippen molar-refractivity contribution in [2.24, 2.45) is 10.2 Å². The van der Waals surface area contributed by atoms with Crippen molar-refractivity contribution in [3.05, 3.63) is 57.8 Å². The van der Waals surface area contributed by atoms with Crippen LogP contribution in [0.4, 0.5) is 10.7 Å². The van der Waals surface area contributed by atoms with Crippen LogP contribution < -0.4 is 5.32 Å². The molecule has 0 saturated heterocycles. The third-order valence-corrected chi connectivity index (χ3v) is 5.64. The van der Waals surface area contributed by atoms with Crippen LogP contribution in [-0.4, -0.2) is 23.6 Å². The maximum Gasteiger partial charge on any atom is 0.341 e. The summed E-state index contributed by atoms with van der Waals surface area (Å²) in [5.74, 6) is -1.28. The number of esters is 1. The third-order valence-electron chi connectivity index (χ3n) is 4.46. The van der Waals surface area contributed by atoms with Gasteiger partial charge in [0.2, 0.25) is 0 Å². The SMILES string of the molecule is CCOC(=O)c1c(N=N/C(C(=O)Nc2ccccc2)=C(\C)O)sc2c1CCCC2.